The molecule has 0 saturated carbocycles. The van der Waals surface area contributed by atoms with E-state index < -0.39 is 0 Å². The van der Waals surface area contributed by atoms with Crippen molar-refractivity contribution in [2.45, 2.75) is 19.4 Å². The number of anilines is 1. The standard InChI is InChI=1S/C12H11BrN2/c1-7-4-9-5-8-6-10(13)2-3-11(8)15-12(9)14-7/h2-3,5-7H,4H2,1H3,(H,14,15). The van der Waals surface area contributed by atoms with Crippen LogP contribution in [0.25, 0.3) is 10.9 Å². The van der Waals surface area contributed by atoms with Crippen LogP contribution in [0, 0.1) is 0 Å². The molecule has 1 aliphatic heterocycles. The van der Waals surface area contributed by atoms with Gasteiger partial charge in [0.15, 0.2) is 0 Å². The second-order valence-electron chi connectivity index (χ2n) is 4.08. The first-order chi connectivity index (χ1) is 7.22. The van der Waals surface area contributed by atoms with E-state index >= 15 is 0 Å². The molecule has 2 aromatic rings. The maximum absolute atomic E-state index is 4.62. The van der Waals surface area contributed by atoms with Crippen molar-refractivity contribution in [2.24, 2.45) is 0 Å². The van der Waals surface area contributed by atoms with Crippen molar-refractivity contribution >= 4 is 32.7 Å². The Morgan fingerprint density at radius 3 is 3.13 bits per heavy atom. The summed E-state index contributed by atoms with van der Waals surface area (Å²) in [5.74, 6) is 1.05. The van der Waals surface area contributed by atoms with E-state index in [4.69, 9.17) is 0 Å². The lowest BCUT2D eigenvalue weighted by Gasteiger charge is -2.03. The largest absolute Gasteiger partial charge is 0.367 e. The number of fused-ring (bicyclic) bond motifs is 2. The average Bonchev–Trinajstić information content (AvgIpc) is 2.53. The summed E-state index contributed by atoms with van der Waals surface area (Å²) in [4.78, 5) is 4.62. The number of pyridine rings is 1. The van der Waals surface area contributed by atoms with Crippen LogP contribution in [0.2, 0.25) is 0 Å². The van der Waals surface area contributed by atoms with Crippen LogP contribution in [-0.2, 0) is 6.42 Å². The Hall–Kier alpha value is -1.09. The molecule has 0 radical (unpaired) electrons. The molecule has 1 aromatic carbocycles. The molecule has 0 fully saturated rings. The van der Waals surface area contributed by atoms with E-state index in [1.807, 2.05) is 12.1 Å². The van der Waals surface area contributed by atoms with E-state index in [0.29, 0.717) is 6.04 Å². The number of benzene rings is 1. The zero-order chi connectivity index (χ0) is 10.4. The Morgan fingerprint density at radius 2 is 2.27 bits per heavy atom. The fourth-order valence-corrected chi connectivity index (χ4v) is 2.46. The van der Waals surface area contributed by atoms with Gasteiger partial charge in [0, 0.05) is 15.9 Å². The fourth-order valence-electron chi connectivity index (χ4n) is 2.09. The van der Waals surface area contributed by atoms with Crippen LogP contribution in [0.1, 0.15) is 12.5 Å². The normalized spacial score (nSPS) is 18.9. The molecule has 1 aromatic heterocycles. The molecule has 1 aliphatic rings. The summed E-state index contributed by atoms with van der Waals surface area (Å²) in [6.45, 7) is 2.18. The number of hydrogen-bond donors (Lipinski definition) is 1. The van der Waals surface area contributed by atoms with Gasteiger partial charge in [0.05, 0.1) is 5.52 Å². The predicted octanol–water partition coefficient (Wildman–Crippen LogP) is 3.35. The third-order valence-electron chi connectivity index (χ3n) is 2.76. The van der Waals surface area contributed by atoms with Crippen LogP contribution in [-0.4, -0.2) is 11.0 Å². The molecule has 2 nitrogen and oxygen atoms in total. The van der Waals surface area contributed by atoms with Gasteiger partial charge in [-0.2, -0.15) is 0 Å². The molecule has 15 heavy (non-hydrogen) atoms. The van der Waals surface area contributed by atoms with E-state index in [9.17, 15) is 0 Å². The van der Waals surface area contributed by atoms with Gasteiger partial charge < -0.3 is 5.32 Å². The van der Waals surface area contributed by atoms with Crippen LogP contribution in [0.4, 0.5) is 5.82 Å². The summed E-state index contributed by atoms with van der Waals surface area (Å²) in [6.07, 6.45) is 1.07. The Kier molecular flexibility index (Phi) is 1.96. The van der Waals surface area contributed by atoms with Crippen molar-refractivity contribution < 1.29 is 0 Å². The second-order valence-corrected chi connectivity index (χ2v) is 5.00. The average molecular weight is 263 g/mol. The molecule has 1 N–H and O–H groups in total. The van der Waals surface area contributed by atoms with Crippen LogP contribution in [0.5, 0.6) is 0 Å². The number of halogens is 1. The first kappa shape index (κ1) is 9.16. The van der Waals surface area contributed by atoms with E-state index in [-0.39, 0.29) is 0 Å². The van der Waals surface area contributed by atoms with Gasteiger partial charge in [-0.3, -0.25) is 0 Å². The number of hydrogen-bond acceptors (Lipinski definition) is 2. The number of aromatic nitrogens is 1. The maximum Gasteiger partial charge on any atom is 0.130 e. The highest BCUT2D eigenvalue weighted by Crippen LogP contribution is 2.28. The maximum atomic E-state index is 4.62. The molecule has 2 heterocycles. The van der Waals surface area contributed by atoms with Gasteiger partial charge in [-0.1, -0.05) is 15.9 Å². The van der Waals surface area contributed by atoms with Crippen molar-refractivity contribution in [1.29, 1.82) is 0 Å². The lowest BCUT2D eigenvalue weighted by atomic mass is 10.1. The van der Waals surface area contributed by atoms with Gasteiger partial charge in [0.1, 0.15) is 5.82 Å². The Labute approximate surface area is 96.8 Å². The summed E-state index contributed by atoms with van der Waals surface area (Å²) in [6, 6.07) is 8.93. The minimum Gasteiger partial charge on any atom is -0.367 e. The van der Waals surface area contributed by atoms with Gasteiger partial charge in [-0.25, -0.2) is 4.98 Å². The van der Waals surface area contributed by atoms with Crippen molar-refractivity contribution in [3.8, 4) is 0 Å². The Balaban J connectivity index is 2.25. The van der Waals surface area contributed by atoms with Crippen molar-refractivity contribution in [2.75, 3.05) is 5.32 Å². The topological polar surface area (TPSA) is 24.9 Å². The number of nitrogens with one attached hydrogen (secondary N) is 1. The second kappa shape index (κ2) is 3.20. The number of nitrogens with zero attached hydrogens (tertiary/aromatic N) is 1. The quantitative estimate of drug-likeness (QED) is 0.788. The van der Waals surface area contributed by atoms with E-state index in [0.717, 1.165) is 22.2 Å². The zero-order valence-corrected chi connectivity index (χ0v) is 10.0. The molecule has 1 unspecified atom stereocenters. The summed E-state index contributed by atoms with van der Waals surface area (Å²) < 4.78 is 1.11. The molecular formula is C12H11BrN2. The molecule has 3 rings (SSSR count). The summed E-state index contributed by atoms with van der Waals surface area (Å²) in [5, 5.41) is 4.59. The molecule has 0 saturated heterocycles. The zero-order valence-electron chi connectivity index (χ0n) is 8.42. The van der Waals surface area contributed by atoms with E-state index in [1.165, 1.54) is 10.9 Å². The van der Waals surface area contributed by atoms with Gasteiger partial charge in [0.2, 0.25) is 0 Å². The summed E-state index contributed by atoms with van der Waals surface area (Å²) >= 11 is 3.48. The van der Waals surface area contributed by atoms with Crippen molar-refractivity contribution in [1.82, 2.24) is 4.98 Å². The van der Waals surface area contributed by atoms with Crippen molar-refractivity contribution in [3.63, 3.8) is 0 Å². The third-order valence-corrected chi connectivity index (χ3v) is 3.26. The van der Waals surface area contributed by atoms with E-state index in [2.05, 4.69) is 45.3 Å². The fraction of sp³-hybridized carbons (Fsp3) is 0.250. The SMILES string of the molecule is CC1Cc2cc3cc(Br)ccc3nc2N1. The molecule has 76 valence electrons. The van der Waals surface area contributed by atoms with Crippen LogP contribution in [0.3, 0.4) is 0 Å². The minimum atomic E-state index is 0.507. The lowest BCUT2D eigenvalue weighted by Crippen LogP contribution is -2.08. The van der Waals surface area contributed by atoms with Crippen LogP contribution in [0.15, 0.2) is 28.7 Å². The van der Waals surface area contributed by atoms with Crippen molar-refractivity contribution in [3.05, 3.63) is 34.3 Å². The minimum absolute atomic E-state index is 0.507. The van der Waals surface area contributed by atoms with Gasteiger partial charge in [-0.05, 0) is 43.2 Å². The molecular weight excluding hydrogens is 252 g/mol. The first-order valence-electron chi connectivity index (χ1n) is 5.08. The number of rotatable bonds is 0. The smallest absolute Gasteiger partial charge is 0.130 e. The molecule has 0 amide bonds. The molecule has 0 bridgehead atoms. The van der Waals surface area contributed by atoms with Gasteiger partial charge >= 0.3 is 0 Å². The lowest BCUT2D eigenvalue weighted by molar-refractivity contribution is 0.839. The molecule has 0 spiro atoms. The van der Waals surface area contributed by atoms with Gasteiger partial charge in [-0.15, -0.1) is 0 Å². The summed E-state index contributed by atoms with van der Waals surface area (Å²) in [5.41, 5.74) is 2.38. The highest BCUT2D eigenvalue weighted by molar-refractivity contribution is 9.10. The van der Waals surface area contributed by atoms with Gasteiger partial charge in [0.25, 0.3) is 0 Å². The Bertz CT molecular complexity index is 536. The molecule has 0 aliphatic carbocycles. The predicted molar refractivity (Wildman–Crippen MR) is 66.2 cm³/mol. The van der Waals surface area contributed by atoms with Crippen LogP contribution < -0.4 is 5.32 Å². The Morgan fingerprint density at radius 1 is 1.40 bits per heavy atom. The highest BCUT2D eigenvalue weighted by Gasteiger charge is 2.18. The summed E-state index contributed by atoms with van der Waals surface area (Å²) in [7, 11) is 0. The third kappa shape index (κ3) is 1.51. The highest BCUT2D eigenvalue weighted by atomic mass is 79.9. The molecule has 1 atom stereocenters. The molecule has 3 heteroatoms. The van der Waals surface area contributed by atoms with Crippen LogP contribution >= 0.6 is 15.9 Å². The first-order valence-corrected chi connectivity index (χ1v) is 5.87. The monoisotopic (exact) mass is 262 g/mol. The van der Waals surface area contributed by atoms with E-state index in [1.54, 1.807) is 0 Å².